The molecule has 4 rings (SSSR count). The van der Waals surface area contributed by atoms with E-state index in [0.29, 0.717) is 34.3 Å². The van der Waals surface area contributed by atoms with Crippen LogP contribution in [0.25, 0.3) is 0 Å². The van der Waals surface area contributed by atoms with E-state index in [1.54, 1.807) is 36.9 Å². The van der Waals surface area contributed by atoms with E-state index >= 15 is 0 Å². The Hall–Kier alpha value is -3.99. The Morgan fingerprint density at radius 1 is 1.25 bits per heavy atom. The summed E-state index contributed by atoms with van der Waals surface area (Å²) in [6, 6.07) is 8.75. The lowest BCUT2D eigenvalue weighted by Gasteiger charge is -2.04. The summed E-state index contributed by atoms with van der Waals surface area (Å²) in [5, 5.41) is 26.4. The normalized spacial score (nSPS) is 11.0. The van der Waals surface area contributed by atoms with Gasteiger partial charge in [-0.2, -0.15) is 9.78 Å². The average molecular weight is 456 g/mol. The molecule has 0 saturated carbocycles. The minimum absolute atomic E-state index is 0.0745. The van der Waals surface area contributed by atoms with Crippen LogP contribution >= 0.6 is 11.6 Å². The third-order valence-corrected chi connectivity index (χ3v) is 5.06. The second-order valence-corrected chi connectivity index (χ2v) is 7.57. The highest BCUT2D eigenvalue weighted by molar-refractivity contribution is 6.30. The van der Waals surface area contributed by atoms with Gasteiger partial charge in [-0.1, -0.05) is 28.9 Å². The van der Waals surface area contributed by atoms with Gasteiger partial charge in [0.15, 0.2) is 5.69 Å². The van der Waals surface area contributed by atoms with Crippen molar-refractivity contribution in [3.05, 3.63) is 86.1 Å². The first kappa shape index (κ1) is 21.2. The Morgan fingerprint density at radius 3 is 2.69 bits per heavy atom. The van der Waals surface area contributed by atoms with Gasteiger partial charge in [-0.05, 0) is 36.5 Å². The molecule has 0 fully saturated rings. The number of nitrogens with one attached hydrogen (secondary N) is 1. The number of aromatic nitrogens is 5. The van der Waals surface area contributed by atoms with E-state index in [1.807, 2.05) is 12.1 Å². The molecule has 3 aromatic heterocycles. The molecular weight excluding hydrogens is 438 g/mol. The fourth-order valence-corrected chi connectivity index (χ4v) is 3.26. The molecule has 0 aliphatic rings. The average Bonchev–Trinajstić information content (AvgIpc) is 3.44. The molecule has 4 aromatic rings. The van der Waals surface area contributed by atoms with Gasteiger partial charge in [-0.15, -0.1) is 0 Å². The van der Waals surface area contributed by atoms with Crippen molar-refractivity contribution in [3.8, 4) is 0 Å². The molecule has 164 valence electrons. The zero-order chi connectivity index (χ0) is 22.8. The fourth-order valence-electron chi connectivity index (χ4n) is 3.13. The summed E-state index contributed by atoms with van der Waals surface area (Å²) in [7, 11) is 0. The number of carbonyl (C=O) groups is 1. The van der Waals surface area contributed by atoms with Crippen molar-refractivity contribution in [2.75, 3.05) is 5.32 Å². The van der Waals surface area contributed by atoms with Crippen LogP contribution in [-0.2, 0) is 13.1 Å². The monoisotopic (exact) mass is 455 g/mol. The maximum absolute atomic E-state index is 12.8. The first-order chi connectivity index (χ1) is 15.3. The fraction of sp³-hybridized carbons (Fsp3) is 0.200. The van der Waals surface area contributed by atoms with E-state index in [9.17, 15) is 14.9 Å². The number of anilines is 1. The maximum Gasteiger partial charge on any atom is 0.390 e. The van der Waals surface area contributed by atoms with Crippen LogP contribution in [0.4, 0.5) is 11.5 Å². The molecule has 11 nitrogen and oxygen atoms in total. The Kier molecular flexibility index (Phi) is 5.73. The topological polar surface area (TPSA) is 134 Å². The molecule has 3 heterocycles. The molecule has 0 unspecified atom stereocenters. The molecule has 0 radical (unpaired) electrons. The lowest BCUT2D eigenvalue weighted by molar-refractivity contribution is -0.389. The van der Waals surface area contributed by atoms with Gasteiger partial charge in [0.1, 0.15) is 5.76 Å². The number of hydrogen-bond donors (Lipinski definition) is 1. The van der Waals surface area contributed by atoms with Crippen LogP contribution in [0.2, 0.25) is 5.02 Å². The molecule has 12 heteroatoms. The zero-order valence-electron chi connectivity index (χ0n) is 17.1. The highest BCUT2D eigenvalue weighted by Gasteiger charge is 2.24. The lowest BCUT2D eigenvalue weighted by Crippen LogP contribution is -2.16. The van der Waals surface area contributed by atoms with Crippen molar-refractivity contribution in [2.45, 2.75) is 26.9 Å². The lowest BCUT2D eigenvalue weighted by atomic mass is 10.2. The number of halogens is 1. The predicted molar refractivity (Wildman–Crippen MR) is 115 cm³/mol. The van der Waals surface area contributed by atoms with E-state index in [1.165, 1.54) is 16.9 Å². The number of aryl methyl sites for hydroxylation is 2. The molecule has 0 saturated heterocycles. The molecular formula is C20H18ClN7O4. The number of carbonyl (C=O) groups excluding carboxylic acids is 1. The van der Waals surface area contributed by atoms with Gasteiger partial charge in [0.2, 0.25) is 0 Å². The molecule has 0 bridgehead atoms. The molecule has 1 amide bonds. The minimum atomic E-state index is -0.570. The summed E-state index contributed by atoms with van der Waals surface area (Å²) in [5.74, 6) is -0.330. The second-order valence-electron chi connectivity index (χ2n) is 7.13. The van der Waals surface area contributed by atoms with Gasteiger partial charge in [0.25, 0.3) is 5.91 Å². The summed E-state index contributed by atoms with van der Waals surface area (Å²) in [6.45, 7) is 3.97. The standard InChI is InChI=1S/C20H18ClN7O4/c1-12-7-18(28(30)31)24-27(12)11-17-13(2)32-25-19(17)20(29)23-16-8-22-26(10-16)9-14-3-5-15(21)6-4-14/h3-8,10H,9,11H2,1-2H3,(H,23,29). The summed E-state index contributed by atoms with van der Waals surface area (Å²) in [6.07, 6.45) is 3.22. The van der Waals surface area contributed by atoms with E-state index in [2.05, 4.69) is 20.7 Å². The van der Waals surface area contributed by atoms with E-state index in [0.717, 1.165) is 5.56 Å². The number of hydrogen-bond acceptors (Lipinski definition) is 7. The first-order valence-corrected chi connectivity index (χ1v) is 9.90. The van der Waals surface area contributed by atoms with Crippen molar-refractivity contribution in [1.82, 2.24) is 24.7 Å². The zero-order valence-corrected chi connectivity index (χ0v) is 17.9. The number of nitro groups is 1. The van der Waals surface area contributed by atoms with E-state index < -0.39 is 10.8 Å². The molecule has 0 aliphatic heterocycles. The van der Waals surface area contributed by atoms with Crippen LogP contribution in [0.1, 0.15) is 33.1 Å². The molecule has 0 aliphatic carbocycles. The molecule has 32 heavy (non-hydrogen) atoms. The van der Waals surface area contributed by atoms with E-state index in [4.69, 9.17) is 16.1 Å². The number of rotatable bonds is 7. The summed E-state index contributed by atoms with van der Waals surface area (Å²) in [4.78, 5) is 23.2. The van der Waals surface area contributed by atoms with Gasteiger partial charge in [-0.25, -0.2) is 0 Å². The van der Waals surface area contributed by atoms with Crippen LogP contribution in [-0.4, -0.2) is 35.5 Å². The second kappa shape index (κ2) is 8.63. The van der Waals surface area contributed by atoms with Crippen molar-refractivity contribution in [3.63, 3.8) is 0 Å². The molecule has 1 aromatic carbocycles. The molecule has 1 N–H and O–H groups in total. The molecule has 0 spiro atoms. The van der Waals surface area contributed by atoms with Crippen LogP contribution in [0.15, 0.2) is 47.2 Å². The van der Waals surface area contributed by atoms with Gasteiger partial charge < -0.3 is 20.0 Å². The quantitative estimate of drug-likeness (QED) is 0.332. The van der Waals surface area contributed by atoms with Gasteiger partial charge >= 0.3 is 5.82 Å². The van der Waals surface area contributed by atoms with Crippen molar-refractivity contribution >= 4 is 29.0 Å². The molecule has 0 atom stereocenters. The largest absolute Gasteiger partial charge is 0.390 e. The SMILES string of the molecule is Cc1onc(C(=O)Nc2cnn(Cc3ccc(Cl)cc3)c2)c1Cn1nc([N+](=O)[O-])cc1C. The Balaban J connectivity index is 1.48. The highest BCUT2D eigenvalue weighted by Crippen LogP contribution is 2.20. The van der Waals surface area contributed by atoms with Crippen LogP contribution in [0, 0.1) is 24.0 Å². The smallest absolute Gasteiger partial charge is 0.361 e. The van der Waals surface area contributed by atoms with Crippen LogP contribution in [0.5, 0.6) is 0 Å². The van der Waals surface area contributed by atoms with Crippen molar-refractivity contribution in [2.24, 2.45) is 0 Å². The Morgan fingerprint density at radius 2 is 2.00 bits per heavy atom. The van der Waals surface area contributed by atoms with Gasteiger partial charge in [0, 0.05) is 11.2 Å². The Labute approximate surface area is 186 Å². The third kappa shape index (κ3) is 4.52. The summed E-state index contributed by atoms with van der Waals surface area (Å²) < 4.78 is 8.31. The van der Waals surface area contributed by atoms with Crippen molar-refractivity contribution < 1.29 is 14.2 Å². The number of nitrogens with zero attached hydrogens (tertiary/aromatic N) is 6. The summed E-state index contributed by atoms with van der Waals surface area (Å²) >= 11 is 5.90. The summed E-state index contributed by atoms with van der Waals surface area (Å²) in [5.41, 5.74) is 2.63. The number of benzene rings is 1. The number of amides is 1. The van der Waals surface area contributed by atoms with Gasteiger partial charge in [0.05, 0.1) is 47.4 Å². The minimum Gasteiger partial charge on any atom is -0.361 e. The first-order valence-electron chi connectivity index (χ1n) is 9.52. The van der Waals surface area contributed by atoms with Crippen molar-refractivity contribution in [1.29, 1.82) is 0 Å². The Bertz CT molecular complexity index is 1290. The van der Waals surface area contributed by atoms with Gasteiger partial charge in [-0.3, -0.25) is 9.48 Å². The third-order valence-electron chi connectivity index (χ3n) is 4.81. The predicted octanol–water partition coefficient (Wildman–Crippen LogP) is 3.59. The van der Waals surface area contributed by atoms with E-state index in [-0.39, 0.29) is 18.1 Å². The van der Waals surface area contributed by atoms with Crippen LogP contribution in [0.3, 0.4) is 0 Å². The maximum atomic E-state index is 12.8. The van der Waals surface area contributed by atoms with Crippen LogP contribution < -0.4 is 5.32 Å². The highest BCUT2D eigenvalue weighted by atomic mass is 35.5.